The molecule has 96 valence electrons. The van der Waals surface area contributed by atoms with Crippen molar-refractivity contribution in [1.29, 1.82) is 0 Å². The van der Waals surface area contributed by atoms with E-state index in [2.05, 4.69) is 18.7 Å². The quantitative estimate of drug-likeness (QED) is 0.599. The molecule has 3 heteroatoms. The minimum absolute atomic E-state index is 0.625. The summed E-state index contributed by atoms with van der Waals surface area (Å²) in [5, 5.41) is 0. The first-order chi connectivity index (χ1) is 7.81. The van der Waals surface area contributed by atoms with E-state index in [4.69, 9.17) is 5.73 Å². The SMILES string of the molecule is CCCN(CC1CC1)C(CN)CCSCC. The van der Waals surface area contributed by atoms with Gasteiger partial charge in [0.05, 0.1) is 0 Å². The van der Waals surface area contributed by atoms with Crippen LogP contribution in [-0.2, 0) is 0 Å². The molecular formula is C13H28N2S. The van der Waals surface area contributed by atoms with Crippen LogP contribution in [-0.4, -0.2) is 42.1 Å². The Bertz CT molecular complexity index is 171. The smallest absolute Gasteiger partial charge is 0.0226 e. The predicted molar refractivity (Wildman–Crippen MR) is 75.0 cm³/mol. The largest absolute Gasteiger partial charge is 0.329 e. The fraction of sp³-hybridized carbons (Fsp3) is 1.00. The number of nitrogens with two attached hydrogens (primary N) is 1. The molecule has 0 bridgehead atoms. The lowest BCUT2D eigenvalue weighted by Crippen LogP contribution is -2.42. The van der Waals surface area contributed by atoms with Gasteiger partial charge < -0.3 is 5.73 Å². The number of hydrogen-bond acceptors (Lipinski definition) is 3. The van der Waals surface area contributed by atoms with Crippen molar-refractivity contribution in [3.8, 4) is 0 Å². The molecule has 1 rings (SSSR count). The monoisotopic (exact) mass is 244 g/mol. The van der Waals surface area contributed by atoms with E-state index in [1.807, 2.05) is 11.8 Å². The number of thioether (sulfide) groups is 1. The second-order valence-electron chi connectivity index (χ2n) is 4.81. The van der Waals surface area contributed by atoms with Crippen LogP contribution >= 0.6 is 11.8 Å². The van der Waals surface area contributed by atoms with E-state index in [9.17, 15) is 0 Å². The Kier molecular flexibility index (Phi) is 7.50. The van der Waals surface area contributed by atoms with Gasteiger partial charge in [-0.05, 0) is 49.7 Å². The molecule has 0 aliphatic heterocycles. The Morgan fingerprint density at radius 1 is 1.38 bits per heavy atom. The molecule has 1 aliphatic rings. The maximum Gasteiger partial charge on any atom is 0.0226 e. The summed E-state index contributed by atoms with van der Waals surface area (Å²) in [6.45, 7) is 7.86. The van der Waals surface area contributed by atoms with Gasteiger partial charge in [-0.3, -0.25) is 4.90 Å². The molecule has 1 fully saturated rings. The summed E-state index contributed by atoms with van der Waals surface area (Å²) in [5.74, 6) is 3.48. The van der Waals surface area contributed by atoms with Gasteiger partial charge in [-0.1, -0.05) is 13.8 Å². The molecule has 1 atom stereocenters. The summed E-state index contributed by atoms with van der Waals surface area (Å²) in [7, 11) is 0. The minimum atomic E-state index is 0.625. The molecule has 1 saturated carbocycles. The fourth-order valence-electron chi connectivity index (χ4n) is 2.16. The van der Waals surface area contributed by atoms with Gasteiger partial charge in [-0.15, -0.1) is 0 Å². The highest BCUT2D eigenvalue weighted by Crippen LogP contribution is 2.30. The van der Waals surface area contributed by atoms with E-state index in [0.717, 1.165) is 12.5 Å². The van der Waals surface area contributed by atoms with Crippen molar-refractivity contribution in [2.75, 3.05) is 31.1 Å². The third-order valence-electron chi connectivity index (χ3n) is 3.29. The van der Waals surface area contributed by atoms with Crippen molar-refractivity contribution in [2.24, 2.45) is 11.7 Å². The molecule has 1 aliphatic carbocycles. The van der Waals surface area contributed by atoms with Gasteiger partial charge in [0.1, 0.15) is 0 Å². The Balaban J connectivity index is 2.30. The zero-order chi connectivity index (χ0) is 11.8. The fourth-order valence-corrected chi connectivity index (χ4v) is 2.88. The Morgan fingerprint density at radius 2 is 2.12 bits per heavy atom. The lowest BCUT2D eigenvalue weighted by atomic mass is 10.1. The van der Waals surface area contributed by atoms with Gasteiger partial charge in [0.15, 0.2) is 0 Å². The first-order valence-corrected chi connectivity index (χ1v) is 7.99. The van der Waals surface area contributed by atoms with Crippen molar-refractivity contribution in [1.82, 2.24) is 4.90 Å². The van der Waals surface area contributed by atoms with Gasteiger partial charge in [-0.25, -0.2) is 0 Å². The summed E-state index contributed by atoms with van der Waals surface area (Å²) < 4.78 is 0. The average Bonchev–Trinajstić information content (AvgIpc) is 3.08. The van der Waals surface area contributed by atoms with Crippen LogP contribution in [0.1, 0.15) is 39.5 Å². The third-order valence-corrected chi connectivity index (χ3v) is 4.22. The van der Waals surface area contributed by atoms with Crippen LogP contribution in [0.3, 0.4) is 0 Å². The van der Waals surface area contributed by atoms with Crippen molar-refractivity contribution in [3.63, 3.8) is 0 Å². The molecule has 0 aromatic rings. The van der Waals surface area contributed by atoms with Crippen molar-refractivity contribution >= 4 is 11.8 Å². The third kappa shape index (κ3) is 5.55. The second-order valence-corrected chi connectivity index (χ2v) is 6.21. The molecule has 0 aromatic carbocycles. The lowest BCUT2D eigenvalue weighted by molar-refractivity contribution is 0.188. The van der Waals surface area contributed by atoms with Gasteiger partial charge in [-0.2, -0.15) is 11.8 Å². The van der Waals surface area contributed by atoms with Crippen LogP contribution in [0.25, 0.3) is 0 Å². The van der Waals surface area contributed by atoms with E-state index >= 15 is 0 Å². The normalized spacial score (nSPS) is 18.0. The molecule has 2 N–H and O–H groups in total. The molecule has 1 unspecified atom stereocenters. The zero-order valence-corrected chi connectivity index (χ0v) is 11.8. The van der Waals surface area contributed by atoms with Gasteiger partial charge in [0, 0.05) is 19.1 Å². The van der Waals surface area contributed by atoms with Crippen LogP contribution in [0, 0.1) is 5.92 Å². The summed E-state index contributed by atoms with van der Waals surface area (Å²) in [4.78, 5) is 2.65. The van der Waals surface area contributed by atoms with Crippen LogP contribution < -0.4 is 5.73 Å². The van der Waals surface area contributed by atoms with E-state index in [1.54, 1.807) is 0 Å². The standard InChI is InChI=1S/C13H28N2S/c1-3-8-15(11-12-5-6-12)13(10-14)7-9-16-4-2/h12-13H,3-11,14H2,1-2H3. The Morgan fingerprint density at radius 3 is 2.62 bits per heavy atom. The van der Waals surface area contributed by atoms with Gasteiger partial charge in [0.2, 0.25) is 0 Å². The topological polar surface area (TPSA) is 29.3 Å². The molecule has 0 aromatic heterocycles. The number of hydrogen-bond donors (Lipinski definition) is 1. The van der Waals surface area contributed by atoms with E-state index in [1.165, 1.54) is 50.3 Å². The lowest BCUT2D eigenvalue weighted by Gasteiger charge is -2.30. The molecule has 2 nitrogen and oxygen atoms in total. The highest BCUT2D eigenvalue weighted by atomic mass is 32.2. The summed E-state index contributed by atoms with van der Waals surface area (Å²) in [6, 6.07) is 0.625. The van der Waals surface area contributed by atoms with Crippen LogP contribution in [0.5, 0.6) is 0 Å². The van der Waals surface area contributed by atoms with Gasteiger partial charge in [0.25, 0.3) is 0 Å². The Hall–Kier alpha value is 0.270. The summed E-state index contributed by atoms with van der Waals surface area (Å²) in [6.07, 6.45) is 5.41. The molecule has 0 spiro atoms. The van der Waals surface area contributed by atoms with Crippen LogP contribution in [0.4, 0.5) is 0 Å². The zero-order valence-electron chi connectivity index (χ0n) is 11.0. The van der Waals surface area contributed by atoms with Crippen molar-refractivity contribution in [3.05, 3.63) is 0 Å². The highest BCUT2D eigenvalue weighted by Gasteiger charge is 2.26. The van der Waals surface area contributed by atoms with E-state index in [0.29, 0.717) is 6.04 Å². The van der Waals surface area contributed by atoms with Crippen LogP contribution in [0.2, 0.25) is 0 Å². The maximum atomic E-state index is 5.93. The summed E-state index contributed by atoms with van der Waals surface area (Å²) >= 11 is 2.04. The first kappa shape index (κ1) is 14.3. The molecule has 0 amide bonds. The van der Waals surface area contributed by atoms with Crippen molar-refractivity contribution in [2.45, 2.75) is 45.6 Å². The van der Waals surface area contributed by atoms with Crippen molar-refractivity contribution < 1.29 is 0 Å². The average molecular weight is 244 g/mol. The summed E-state index contributed by atoms with van der Waals surface area (Å²) in [5.41, 5.74) is 5.93. The Labute approximate surface area is 105 Å². The molecule has 16 heavy (non-hydrogen) atoms. The number of nitrogens with zero attached hydrogens (tertiary/aromatic N) is 1. The number of rotatable bonds is 10. The first-order valence-electron chi connectivity index (χ1n) is 6.83. The molecule has 0 heterocycles. The van der Waals surface area contributed by atoms with E-state index < -0.39 is 0 Å². The van der Waals surface area contributed by atoms with E-state index in [-0.39, 0.29) is 0 Å². The predicted octanol–water partition coefficient (Wildman–Crippen LogP) is 2.58. The van der Waals surface area contributed by atoms with Crippen LogP contribution in [0.15, 0.2) is 0 Å². The highest BCUT2D eigenvalue weighted by molar-refractivity contribution is 7.99. The molecule has 0 saturated heterocycles. The minimum Gasteiger partial charge on any atom is -0.329 e. The molecular weight excluding hydrogens is 216 g/mol. The van der Waals surface area contributed by atoms with Gasteiger partial charge >= 0.3 is 0 Å². The molecule has 0 radical (unpaired) electrons. The maximum absolute atomic E-state index is 5.93. The second kappa shape index (κ2) is 8.37.